The van der Waals surface area contributed by atoms with Crippen molar-refractivity contribution in [1.82, 2.24) is 4.98 Å². The average molecular weight is 468 g/mol. The summed E-state index contributed by atoms with van der Waals surface area (Å²) in [6, 6.07) is 24.7. The summed E-state index contributed by atoms with van der Waals surface area (Å²) in [5.74, 6) is -0.144. The molecule has 0 saturated carbocycles. The molecule has 34 heavy (non-hydrogen) atoms. The zero-order valence-electron chi connectivity index (χ0n) is 19.1. The first-order valence-corrected chi connectivity index (χ1v) is 11.9. The molecule has 1 heterocycles. The quantitative estimate of drug-likeness (QED) is 0.218. The SMILES string of the molecule is CCC(=C(c1ccc(C=CC(=O)O)cc1)c1ccc(-c2cncs2)cc1)c1cccc(OC)c1. The van der Waals surface area contributed by atoms with E-state index in [-0.39, 0.29) is 0 Å². The van der Waals surface area contributed by atoms with Gasteiger partial charge in [-0.25, -0.2) is 4.79 Å². The van der Waals surface area contributed by atoms with Crippen LogP contribution in [0.25, 0.3) is 27.7 Å². The summed E-state index contributed by atoms with van der Waals surface area (Å²) in [5.41, 5.74) is 9.45. The minimum absolute atomic E-state index is 0.817. The molecule has 0 radical (unpaired) electrons. The molecule has 3 aromatic carbocycles. The molecule has 4 aromatic rings. The summed E-state index contributed by atoms with van der Waals surface area (Å²) in [6.07, 6.45) is 5.47. The van der Waals surface area contributed by atoms with Crippen LogP contribution in [-0.2, 0) is 4.79 Å². The van der Waals surface area contributed by atoms with E-state index in [1.54, 1.807) is 24.5 Å². The molecule has 0 aliphatic carbocycles. The smallest absolute Gasteiger partial charge is 0.328 e. The van der Waals surface area contributed by atoms with Gasteiger partial charge < -0.3 is 9.84 Å². The predicted octanol–water partition coefficient (Wildman–Crippen LogP) is 7.29. The third-order valence-corrected chi connectivity index (χ3v) is 6.40. The van der Waals surface area contributed by atoms with Crippen molar-refractivity contribution in [3.05, 3.63) is 113 Å². The number of benzene rings is 3. The first kappa shape index (κ1) is 23.2. The molecule has 1 aromatic heterocycles. The van der Waals surface area contributed by atoms with E-state index in [0.717, 1.165) is 56.5 Å². The molecule has 4 nitrogen and oxygen atoms in total. The summed E-state index contributed by atoms with van der Waals surface area (Å²) in [7, 11) is 1.68. The molecule has 1 N–H and O–H groups in total. The fraction of sp³-hybridized carbons (Fsp3) is 0.103. The lowest BCUT2D eigenvalue weighted by molar-refractivity contribution is -0.131. The van der Waals surface area contributed by atoms with E-state index in [9.17, 15) is 4.79 Å². The van der Waals surface area contributed by atoms with Gasteiger partial charge in [-0.3, -0.25) is 4.98 Å². The Morgan fingerprint density at radius 1 is 1.00 bits per heavy atom. The Morgan fingerprint density at radius 3 is 2.29 bits per heavy atom. The maximum atomic E-state index is 10.9. The average Bonchev–Trinajstić information content (AvgIpc) is 3.42. The first-order chi connectivity index (χ1) is 16.6. The molecule has 0 bridgehead atoms. The van der Waals surface area contributed by atoms with Crippen molar-refractivity contribution in [2.75, 3.05) is 7.11 Å². The number of ether oxygens (including phenoxy) is 1. The van der Waals surface area contributed by atoms with Gasteiger partial charge >= 0.3 is 5.97 Å². The number of aliphatic carboxylic acids is 1. The number of hydrogen-bond acceptors (Lipinski definition) is 4. The Hall–Kier alpha value is -3.96. The Kier molecular flexibility index (Phi) is 7.35. The Labute approximate surface area is 203 Å². The molecule has 0 saturated heterocycles. The molecule has 0 aliphatic heterocycles. The van der Waals surface area contributed by atoms with Crippen molar-refractivity contribution >= 4 is 34.5 Å². The highest BCUT2D eigenvalue weighted by molar-refractivity contribution is 7.13. The summed E-state index contributed by atoms with van der Waals surface area (Å²) in [6.45, 7) is 2.16. The molecule has 0 aliphatic rings. The Balaban J connectivity index is 1.85. The van der Waals surface area contributed by atoms with Crippen LogP contribution in [0.2, 0.25) is 0 Å². The summed E-state index contributed by atoms with van der Waals surface area (Å²) >= 11 is 1.62. The maximum Gasteiger partial charge on any atom is 0.328 e. The zero-order valence-corrected chi connectivity index (χ0v) is 19.9. The van der Waals surface area contributed by atoms with Gasteiger partial charge in [0.15, 0.2) is 0 Å². The lowest BCUT2D eigenvalue weighted by Gasteiger charge is -2.17. The van der Waals surface area contributed by atoms with Crippen molar-refractivity contribution in [2.45, 2.75) is 13.3 Å². The second-order valence-corrected chi connectivity index (χ2v) is 8.56. The van der Waals surface area contributed by atoms with Gasteiger partial charge in [0.2, 0.25) is 0 Å². The van der Waals surface area contributed by atoms with Crippen LogP contribution >= 0.6 is 11.3 Å². The fourth-order valence-corrected chi connectivity index (χ4v) is 4.57. The monoisotopic (exact) mass is 467 g/mol. The van der Waals surface area contributed by atoms with Gasteiger partial charge in [-0.1, -0.05) is 67.6 Å². The predicted molar refractivity (Wildman–Crippen MR) is 140 cm³/mol. The minimum atomic E-state index is -0.961. The highest BCUT2D eigenvalue weighted by Gasteiger charge is 2.14. The lowest BCUT2D eigenvalue weighted by Crippen LogP contribution is -1.96. The second-order valence-electron chi connectivity index (χ2n) is 7.68. The number of rotatable bonds is 8. The largest absolute Gasteiger partial charge is 0.497 e. The normalized spacial score (nSPS) is 11.9. The summed E-state index contributed by atoms with van der Waals surface area (Å²) in [5, 5.41) is 8.92. The van der Waals surface area contributed by atoms with E-state index >= 15 is 0 Å². The van der Waals surface area contributed by atoms with Crippen LogP contribution in [0, 0.1) is 0 Å². The molecular weight excluding hydrogens is 442 g/mol. The van der Waals surface area contributed by atoms with Crippen molar-refractivity contribution in [3.63, 3.8) is 0 Å². The van der Waals surface area contributed by atoms with Gasteiger partial charge in [-0.15, -0.1) is 11.3 Å². The number of carbonyl (C=O) groups is 1. The molecule has 170 valence electrons. The molecule has 0 amide bonds. The number of nitrogens with zero attached hydrogens (tertiary/aromatic N) is 1. The molecular formula is C29H25NO3S. The third kappa shape index (κ3) is 5.33. The van der Waals surface area contributed by atoms with Gasteiger partial charge in [0.25, 0.3) is 0 Å². The van der Waals surface area contributed by atoms with E-state index in [0.29, 0.717) is 0 Å². The van der Waals surface area contributed by atoms with Gasteiger partial charge in [-0.05, 0) is 63.6 Å². The molecule has 0 atom stereocenters. The number of carboxylic acid groups (broad SMARTS) is 1. The molecule has 5 heteroatoms. The van der Waals surface area contributed by atoms with Crippen molar-refractivity contribution in [2.24, 2.45) is 0 Å². The highest BCUT2D eigenvalue weighted by Crippen LogP contribution is 2.36. The number of hydrogen-bond donors (Lipinski definition) is 1. The number of thiazole rings is 1. The standard InChI is InChI=1S/C29H25NO3S/c1-3-26(24-5-4-6-25(17-24)33-2)29(22-10-7-20(8-11-22)9-16-28(31)32)23-14-12-21(13-15-23)27-18-30-19-34-27/h4-19H,3H2,1-2H3,(H,31,32). The van der Waals surface area contributed by atoms with Gasteiger partial charge in [0.05, 0.1) is 17.5 Å². The third-order valence-electron chi connectivity index (χ3n) is 5.58. The molecule has 0 fully saturated rings. The Bertz CT molecular complexity index is 1320. The van der Waals surface area contributed by atoms with E-state index in [1.165, 1.54) is 5.57 Å². The topological polar surface area (TPSA) is 59.4 Å². The maximum absolute atomic E-state index is 10.9. The number of allylic oxidation sites excluding steroid dienone is 1. The van der Waals surface area contributed by atoms with Crippen LogP contribution in [0.5, 0.6) is 5.75 Å². The van der Waals surface area contributed by atoms with Gasteiger partial charge in [0, 0.05) is 12.3 Å². The molecule has 0 spiro atoms. The summed E-state index contributed by atoms with van der Waals surface area (Å²) < 4.78 is 5.48. The molecule has 4 rings (SSSR count). The molecule has 0 unspecified atom stereocenters. The van der Waals surface area contributed by atoms with Gasteiger partial charge in [0.1, 0.15) is 5.75 Å². The van der Waals surface area contributed by atoms with Crippen molar-refractivity contribution in [3.8, 4) is 16.2 Å². The van der Waals surface area contributed by atoms with Crippen LogP contribution in [0.3, 0.4) is 0 Å². The number of methoxy groups -OCH3 is 1. The van der Waals surface area contributed by atoms with E-state index in [1.807, 2.05) is 48.1 Å². The van der Waals surface area contributed by atoms with Crippen LogP contribution in [0.4, 0.5) is 0 Å². The lowest BCUT2D eigenvalue weighted by atomic mass is 9.87. The van der Waals surface area contributed by atoms with E-state index in [4.69, 9.17) is 9.84 Å². The van der Waals surface area contributed by atoms with Crippen molar-refractivity contribution < 1.29 is 14.6 Å². The van der Waals surface area contributed by atoms with Crippen LogP contribution in [0.15, 0.2) is 90.6 Å². The number of carboxylic acids is 1. The zero-order chi connectivity index (χ0) is 23.9. The minimum Gasteiger partial charge on any atom is -0.497 e. The Morgan fingerprint density at radius 2 is 1.71 bits per heavy atom. The van der Waals surface area contributed by atoms with E-state index in [2.05, 4.69) is 48.3 Å². The van der Waals surface area contributed by atoms with Crippen LogP contribution in [-0.4, -0.2) is 23.2 Å². The highest BCUT2D eigenvalue weighted by atomic mass is 32.1. The summed E-state index contributed by atoms with van der Waals surface area (Å²) in [4.78, 5) is 16.2. The van der Waals surface area contributed by atoms with Crippen LogP contribution in [0.1, 0.15) is 35.6 Å². The van der Waals surface area contributed by atoms with Crippen molar-refractivity contribution in [1.29, 1.82) is 0 Å². The second kappa shape index (κ2) is 10.8. The number of aromatic nitrogens is 1. The fourth-order valence-electron chi connectivity index (χ4n) is 3.94. The van der Waals surface area contributed by atoms with Gasteiger partial charge in [-0.2, -0.15) is 0 Å². The first-order valence-electron chi connectivity index (χ1n) is 11.0. The van der Waals surface area contributed by atoms with E-state index < -0.39 is 5.97 Å². The van der Waals surface area contributed by atoms with Crippen LogP contribution < -0.4 is 4.74 Å².